The predicted molar refractivity (Wildman–Crippen MR) is 141 cm³/mol. The first-order valence-electron chi connectivity index (χ1n) is 12.5. The van der Waals surface area contributed by atoms with E-state index in [0.717, 1.165) is 36.2 Å². The Kier molecular flexibility index (Phi) is 6.06. The van der Waals surface area contributed by atoms with Gasteiger partial charge in [0, 0.05) is 60.1 Å². The maximum Gasteiger partial charge on any atom is 0.254 e. The summed E-state index contributed by atoms with van der Waals surface area (Å²) in [7, 11) is 2.13. The number of nitrogens with zero attached hydrogens (tertiary/aromatic N) is 3. The maximum atomic E-state index is 13.5. The van der Waals surface area contributed by atoms with Gasteiger partial charge in [-0.2, -0.15) is 5.26 Å². The molecule has 2 fully saturated rings. The van der Waals surface area contributed by atoms with Gasteiger partial charge >= 0.3 is 0 Å². The van der Waals surface area contributed by atoms with Gasteiger partial charge in [0.2, 0.25) is 0 Å². The minimum atomic E-state index is -0.278. The van der Waals surface area contributed by atoms with Gasteiger partial charge in [-0.25, -0.2) is 0 Å². The van der Waals surface area contributed by atoms with Crippen LogP contribution in [-0.4, -0.2) is 48.0 Å². The fourth-order valence-electron chi connectivity index (χ4n) is 6.90. The van der Waals surface area contributed by atoms with Gasteiger partial charge in [-0.3, -0.25) is 4.79 Å². The van der Waals surface area contributed by atoms with Crippen LogP contribution in [0.25, 0.3) is 0 Å². The van der Waals surface area contributed by atoms with Crippen LogP contribution >= 0.6 is 11.6 Å². The van der Waals surface area contributed by atoms with E-state index in [0.29, 0.717) is 28.8 Å². The molecule has 186 valence electrons. The Labute approximate surface area is 219 Å². The number of fused-ring (bicyclic) bond motifs is 1. The molecule has 2 aromatic rings. The van der Waals surface area contributed by atoms with E-state index in [-0.39, 0.29) is 28.9 Å². The van der Waals surface area contributed by atoms with Crippen LogP contribution in [0.3, 0.4) is 0 Å². The quantitative estimate of drug-likeness (QED) is 0.530. The smallest absolute Gasteiger partial charge is 0.254 e. The second-order valence-electron chi connectivity index (χ2n) is 11.7. The number of nitriles is 1. The number of rotatable bonds is 4. The SMILES string of the molecule is CN1CC(CC#Cc2ccc3c(c2)CN(C2C(C)(C)C(Oc4ccc(C#N)c(Cl)c4)C2(C)C)C3=O)C1. The van der Waals surface area contributed by atoms with Crippen molar-refractivity contribution in [3.63, 3.8) is 0 Å². The molecule has 1 aliphatic carbocycles. The predicted octanol–water partition coefficient (Wildman–Crippen LogP) is 5.35. The lowest BCUT2D eigenvalue weighted by molar-refractivity contribution is -0.199. The van der Waals surface area contributed by atoms with E-state index in [9.17, 15) is 4.79 Å². The summed E-state index contributed by atoms with van der Waals surface area (Å²) in [6, 6.07) is 13.2. The normalized spacial score (nSPS) is 24.1. The van der Waals surface area contributed by atoms with Gasteiger partial charge in [-0.1, -0.05) is 51.1 Å². The topological polar surface area (TPSA) is 56.6 Å². The van der Waals surface area contributed by atoms with Crippen LogP contribution < -0.4 is 4.74 Å². The molecule has 36 heavy (non-hydrogen) atoms. The molecular weight excluding hydrogens is 470 g/mol. The molecule has 6 heteroatoms. The van der Waals surface area contributed by atoms with E-state index in [4.69, 9.17) is 21.6 Å². The van der Waals surface area contributed by atoms with Crippen molar-refractivity contribution in [2.24, 2.45) is 16.7 Å². The first kappa shape index (κ1) is 24.7. The lowest BCUT2D eigenvalue weighted by Crippen LogP contribution is -2.74. The Morgan fingerprint density at radius 2 is 1.83 bits per heavy atom. The van der Waals surface area contributed by atoms with Crippen LogP contribution in [0, 0.1) is 39.9 Å². The number of carbonyl (C=O) groups excluding carboxylic acids is 1. The van der Waals surface area contributed by atoms with Gasteiger partial charge < -0.3 is 14.5 Å². The van der Waals surface area contributed by atoms with Crippen molar-refractivity contribution < 1.29 is 9.53 Å². The highest BCUT2D eigenvalue weighted by Gasteiger charge is 2.66. The summed E-state index contributed by atoms with van der Waals surface area (Å²) < 4.78 is 6.41. The van der Waals surface area contributed by atoms with Crippen molar-refractivity contribution in [1.82, 2.24) is 9.80 Å². The average Bonchev–Trinajstić information content (AvgIpc) is 3.10. The third-order valence-electron chi connectivity index (χ3n) is 8.09. The molecule has 0 spiro atoms. The van der Waals surface area contributed by atoms with Crippen molar-refractivity contribution in [3.05, 3.63) is 63.7 Å². The monoisotopic (exact) mass is 501 g/mol. The number of hydrogen-bond donors (Lipinski definition) is 0. The highest BCUT2D eigenvalue weighted by atomic mass is 35.5. The molecule has 0 radical (unpaired) electrons. The fraction of sp³-hybridized carbons (Fsp3) is 0.467. The van der Waals surface area contributed by atoms with E-state index >= 15 is 0 Å². The second kappa shape index (κ2) is 8.84. The maximum absolute atomic E-state index is 13.5. The molecule has 5 nitrogen and oxygen atoms in total. The number of benzene rings is 2. The van der Waals surface area contributed by atoms with Gasteiger partial charge in [-0.05, 0) is 48.9 Å². The molecule has 2 aromatic carbocycles. The molecule has 0 atom stereocenters. The summed E-state index contributed by atoms with van der Waals surface area (Å²) in [5.74, 6) is 8.02. The van der Waals surface area contributed by atoms with Crippen LogP contribution in [0.4, 0.5) is 0 Å². The lowest BCUT2D eigenvalue weighted by atomic mass is 9.49. The zero-order valence-corrected chi connectivity index (χ0v) is 22.3. The summed E-state index contributed by atoms with van der Waals surface area (Å²) >= 11 is 6.23. The molecule has 0 N–H and O–H groups in total. The van der Waals surface area contributed by atoms with Gasteiger partial charge in [0.1, 0.15) is 17.9 Å². The minimum Gasteiger partial charge on any atom is -0.489 e. The zero-order valence-electron chi connectivity index (χ0n) is 21.6. The number of amides is 1. The van der Waals surface area contributed by atoms with E-state index in [1.165, 1.54) is 0 Å². The Balaban J connectivity index is 1.31. The summed E-state index contributed by atoms with van der Waals surface area (Å²) in [6.45, 7) is 11.5. The third-order valence-corrected chi connectivity index (χ3v) is 8.40. The third kappa shape index (κ3) is 4.05. The zero-order chi connectivity index (χ0) is 25.8. The number of carbonyl (C=O) groups is 1. The summed E-state index contributed by atoms with van der Waals surface area (Å²) in [4.78, 5) is 17.8. The highest BCUT2D eigenvalue weighted by molar-refractivity contribution is 6.31. The van der Waals surface area contributed by atoms with Crippen LogP contribution in [0.1, 0.15) is 61.2 Å². The lowest BCUT2D eigenvalue weighted by Gasteiger charge is -2.65. The summed E-state index contributed by atoms with van der Waals surface area (Å²) in [5, 5.41) is 9.53. The van der Waals surface area contributed by atoms with E-state index < -0.39 is 0 Å². The van der Waals surface area contributed by atoms with Crippen molar-refractivity contribution in [1.29, 1.82) is 5.26 Å². The van der Waals surface area contributed by atoms with Gasteiger partial charge in [-0.15, -0.1) is 0 Å². The number of hydrogen-bond acceptors (Lipinski definition) is 4. The molecule has 0 unspecified atom stereocenters. The molecule has 1 amide bonds. The Hall–Kier alpha value is -2.99. The van der Waals surface area contributed by atoms with Crippen LogP contribution in [0.5, 0.6) is 5.75 Å². The molecular formula is C30H32ClN3O2. The van der Waals surface area contributed by atoms with Gasteiger partial charge in [0.25, 0.3) is 5.91 Å². The summed E-state index contributed by atoms with van der Waals surface area (Å²) in [5.41, 5.74) is 2.66. The number of halogens is 1. The van der Waals surface area contributed by atoms with E-state index in [2.05, 4.69) is 63.6 Å². The first-order chi connectivity index (χ1) is 17.0. The average molecular weight is 502 g/mol. The highest BCUT2D eigenvalue weighted by Crippen LogP contribution is 2.59. The van der Waals surface area contributed by atoms with Crippen molar-refractivity contribution in [2.75, 3.05) is 20.1 Å². The fourth-order valence-corrected chi connectivity index (χ4v) is 7.11. The van der Waals surface area contributed by atoms with Crippen LogP contribution in [0.2, 0.25) is 5.02 Å². The summed E-state index contributed by atoms with van der Waals surface area (Å²) in [6.07, 6.45) is 0.797. The van der Waals surface area contributed by atoms with Crippen molar-refractivity contribution in [3.8, 4) is 23.7 Å². The Morgan fingerprint density at radius 1 is 1.11 bits per heavy atom. The first-order valence-corrected chi connectivity index (χ1v) is 12.9. The molecule has 3 aliphatic rings. The van der Waals surface area contributed by atoms with E-state index in [1.807, 2.05) is 17.0 Å². The van der Waals surface area contributed by atoms with Crippen LogP contribution in [-0.2, 0) is 6.54 Å². The molecule has 1 saturated heterocycles. The molecule has 1 saturated carbocycles. The second-order valence-corrected chi connectivity index (χ2v) is 12.1. The van der Waals surface area contributed by atoms with Gasteiger partial charge in [0.05, 0.1) is 10.6 Å². The minimum absolute atomic E-state index is 0.00824. The number of ether oxygens (including phenoxy) is 1. The number of likely N-dealkylation sites (tertiary alicyclic amines) is 1. The van der Waals surface area contributed by atoms with Crippen molar-refractivity contribution >= 4 is 17.5 Å². The largest absolute Gasteiger partial charge is 0.489 e. The molecule has 2 heterocycles. The molecule has 2 aliphatic heterocycles. The molecule has 5 rings (SSSR count). The molecule has 0 aromatic heterocycles. The van der Waals surface area contributed by atoms with Gasteiger partial charge in [0.15, 0.2) is 0 Å². The van der Waals surface area contributed by atoms with Crippen molar-refractivity contribution in [2.45, 2.75) is 52.8 Å². The Bertz CT molecular complexity index is 1310. The Morgan fingerprint density at radius 3 is 2.47 bits per heavy atom. The van der Waals surface area contributed by atoms with E-state index in [1.54, 1.807) is 18.2 Å². The van der Waals surface area contributed by atoms with Crippen LogP contribution in [0.15, 0.2) is 36.4 Å². The molecule has 0 bridgehead atoms. The standard InChI is InChI=1S/C30H32ClN3O2/c1-29(2)27(30(3,4)28(29)36-23-11-10-21(15-32)25(31)14-23)34-18-22-13-19(9-12-24(22)26(34)35)7-6-8-20-16-33(5)17-20/h9-14,20,27-28H,8,16-18H2,1-5H3.